The number of nitrogens with one attached hydrogen (secondary N) is 1. The Hall–Kier alpha value is -0.610. The minimum absolute atomic E-state index is 0.0251. The van der Waals surface area contributed by atoms with Crippen LogP contribution in [0.4, 0.5) is 0 Å². The lowest BCUT2D eigenvalue weighted by molar-refractivity contribution is -0.122. The Kier molecular flexibility index (Phi) is 2.84. The van der Waals surface area contributed by atoms with E-state index in [1.165, 1.54) is 0 Å². The first-order chi connectivity index (χ1) is 5.24. The largest absolute Gasteiger partial charge is 0.395 e. The van der Waals surface area contributed by atoms with Gasteiger partial charge in [-0.25, -0.2) is 0 Å². The van der Waals surface area contributed by atoms with Gasteiger partial charge in [0.25, 0.3) is 0 Å². The first-order valence-electron chi connectivity index (χ1n) is 3.88. The molecule has 4 nitrogen and oxygen atoms in total. The number of nitrogens with two attached hydrogens (primary N) is 1. The second-order valence-electron chi connectivity index (χ2n) is 2.95. The maximum atomic E-state index is 11.0. The topological polar surface area (TPSA) is 75.3 Å². The number of carbonyl (C=O) groups is 1. The van der Waals surface area contributed by atoms with Crippen LogP contribution in [-0.4, -0.2) is 30.2 Å². The number of amides is 1. The third kappa shape index (κ3) is 2.17. The lowest BCUT2D eigenvalue weighted by Gasteiger charge is -2.10. The standard InChI is InChI=1S/C7H14N2O2/c8-6(4-10)3-5-1-2-9-7(5)11/h5-6,10H,1-4,8H2,(H,9,11)/t5-,6?/m1/s1. The lowest BCUT2D eigenvalue weighted by Crippen LogP contribution is -2.30. The summed E-state index contributed by atoms with van der Waals surface area (Å²) in [4.78, 5) is 11.0. The maximum absolute atomic E-state index is 11.0. The molecule has 2 atom stereocenters. The summed E-state index contributed by atoms with van der Waals surface area (Å²) >= 11 is 0. The van der Waals surface area contributed by atoms with Crippen LogP contribution in [0.5, 0.6) is 0 Å². The fraction of sp³-hybridized carbons (Fsp3) is 0.857. The number of aliphatic hydroxyl groups excluding tert-OH is 1. The van der Waals surface area contributed by atoms with E-state index in [1.54, 1.807) is 0 Å². The van der Waals surface area contributed by atoms with Crippen molar-refractivity contribution in [1.82, 2.24) is 5.32 Å². The second kappa shape index (κ2) is 3.69. The molecule has 4 N–H and O–H groups in total. The monoisotopic (exact) mass is 158 g/mol. The zero-order valence-corrected chi connectivity index (χ0v) is 6.42. The Labute approximate surface area is 65.8 Å². The van der Waals surface area contributed by atoms with Gasteiger partial charge in [-0.3, -0.25) is 4.79 Å². The smallest absolute Gasteiger partial charge is 0.223 e. The van der Waals surface area contributed by atoms with Gasteiger partial charge < -0.3 is 16.2 Å². The van der Waals surface area contributed by atoms with Gasteiger partial charge in [-0.2, -0.15) is 0 Å². The summed E-state index contributed by atoms with van der Waals surface area (Å²) in [5.41, 5.74) is 5.48. The molecule has 0 bridgehead atoms. The van der Waals surface area contributed by atoms with E-state index in [4.69, 9.17) is 10.8 Å². The fourth-order valence-electron chi connectivity index (χ4n) is 1.31. The summed E-state index contributed by atoms with van der Waals surface area (Å²) in [6.45, 7) is 0.714. The summed E-state index contributed by atoms with van der Waals surface area (Å²) in [5.74, 6) is 0.103. The Bertz CT molecular complexity index is 149. The van der Waals surface area contributed by atoms with Crippen molar-refractivity contribution in [3.05, 3.63) is 0 Å². The van der Waals surface area contributed by atoms with E-state index >= 15 is 0 Å². The molecule has 0 aromatic heterocycles. The highest BCUT2D eigenvalue weighted by Crippen LogP contribution is 2.14. The first-order valence-corrected chi connectivity index (χ1v) is 3.88. The van der Waals surface area contributed by atoms with Crippen LogP contribution in [0, 0.1) is 5.92 Å². The molecule has 0 saturated carbocycles. The van der Waals surface area contributed by atoms with Crippen molar-refractivity contribution in [1.29, 1.82) is 0 Å². The average molecular weight is 158 g/mol. The molecule has 1 fully saturated rings. The predicted octanol–water partition coefficient (Wildman–Crippen LogP) is -1.17. The summed E-state index contributed by atoms with van der Waals surface area (Å²) in [5, 5.41) is 11.3. The van der Waals surface area contributed by atoms with Gasteiger partial charge in [0.05, 0.1) is 6.61 Å². The van der Waals surface area contributed by atoms with Crippen molar-refractivity contribution in [2.75, 3.05) is 13.2 Å². The molecule has 0 aromatic rings. The van der Waals surface area contributed by atoms with Gasteiger partial charge in [0.1, 0.15) is 0 Å². The number of aliphatic hydroxyl groups is 1. The van der Waals surface area contributed by atoms with Crippen molar-refractivity contribution >= 4 is 5.91 Å². The zero-order valence-electron chi connectivity index (χ0n) is 6.42. The van der Waals surface area contributed by atoms with Gasteiger partial charge in [-0.05, 0) is 12.8 Å². The highest BCUT2D eigenvalue weighted by atomic mass is 16.3. The molecular formula is C7H14N2O2. The number of hydrogen-bond donors (Lipinski definition) is 3. The average Bonchev–Trinajstić information content (AvgIpc) is 2.37. The van der Waals surface area contributed by atoms with Crippen LogP contribution in [0.25, 0.3) is 0 Å². The Morgan fingerprint density at radius 1 is 1.82 bits per heavy atom. The van der Waals surface area contributed by atoms with Crippen LogP contribution in [0.2, 0.25) is 0 Å². The molecule has 1 aliphatic heterocycles. The molecule has 1 amide bonds. The third-order valence-electron chi connectivity index (χ3n) is 1.98. The van der Waals surface area contributed by atoms with Crippen molar-refractivity contribution in [2.24, 2.45) is 11.7 Å². The highest BCUT2D eigenvalue weighted by molar-refractivity contribution is 5.80. The van der Waals surface area contributed by atoms with E-state index in [1.807, 2.05) is 0 Å². The molecule has 0 aromatic carbocycles. The highest BCUT2D eigenvalue weighted by Gasteiger charge is 2.25. The van der Waals surface area contributed by atoms with Crippen molar-refractivity contribution < 1.29 is 9.90 Å². The van der Waals surface area contributed by atoms with Gasteiger partial charge >= 0.3 is 0 Å². The van der Waals surface area contributed by atoms with Gasteiger partial charge in [0.2, 0.25) is 5.91 Å². The van der Waals surface area contributed by atoms with Crippen molar-refractivity contribution in [3.63, 3.8) is 0 Å². The molecule has 0 aliphatic carbocycles. The van der Waals surface area contributed by atoms with Gasteiger partial charge in [-0.1, -0.05) is 0 Å². The van der Waals surface area contributed by atoms with Crippen LogP contribution >= 0.6 is 0 Å². The molecule has 1 unspecified atom stereocenters. The van der Waals surface area contributed by atoms with Crippen molar-refractivity contribution in [2.45, 2.75) is 18.9 Å². The Balaban J connectivity index is 2.30. The van der Waals surface area contributed by atoms with Crippen molar-refractivity contribution in [3.8, 4) is 0 Å². The molecule has 1 rings (SSSR count). The molecule has 1 saturated heterocycles. The van der Waals surface area contributed by atoms with E-state index in [0.29, 0.717) is 6.42 Å². The predicted molar refractivity (Wildman–Crippen MR) is 40.8 cm³/mol. The zero-order chi connectivity index (χ0) is 8.27. The first kappa shape index (κ1) is 8.49. The van der Waals surface area contributed by atoms with Crippen LogP contribution in [0.3, 0.4) is 0 Å². The molecule has 0 radical (unpaired) electrons. The SMILES string of the molecule is NC(CO)C[C@H]1CCNC1=O. The molecule has 11 heavy (non-hydrogen) atoms. The van der Waals surface area contributed by atoms with Gasteiger partial charge in [-0.15, -0.1) is 0 Å². The molecule has 0 spiro atoms. The molecule has 1 heterocycles. The van der Waals surface area contributed by atoms with Crippen LogP contribution in [0.1, 0.15) is 12.8 Å². The summed E-state index contributed by atoms with van der Waals surface area (Å²) in [6, 6.07) is -0.246. The number of carbonyl (C=O) groups excluding carboxylic acids is 1. The minimum atomic E-state index is -0.246. The lowest BCUT2D eigenvalue weighted by atomic mass is 9.99. The molecule has 64 valence electrons. The molecule has 4 heteroatoms. The molecular weight excluding hydrogens is 144 g/mol. The second-order valence-corrected chi connectivity index (χ2v) is 2.95. The minimum Gasteiger partial charge on any atom is -0.395 e. The van der Waals surface area contributed by atoms with E-state index in [-0.39, 0.29) is 24.5 Å². The van der Waals surface area contributed by atoms with E-state index in [9.17, 15) is 4.79 Å². The van der Waals surface area contributed by atoms with E-state index in [0.717, 1.165) is 13.0 Å². The van der Waals surface area contributed by atoms with Crippen LogP contribution in [0.15, 0.2) is 0 Å². The summed E-state index contributed by atoms with van der Waals surface area (Å²) in [7, 11) is 0. The number of rotatable bonds is 3. The molecule has 1 aliphatic rings. The third-order valence-corrected chi connectivity index (χ3v) is 1.98. The fourth-order valence-corrected chi connectivity index (χ4v) is 1.31. The van der Waals surface area contributed by atoms with E-state index in [2.05, 4.69) is 5.32 Å². The van der Waals surface area contributed by atoms with Crippen LogP contribution < -0.4 is 11.1 Å². The quantitative estimate of drug-likeness (QED) is 0.484. The Morgan fingerprint density at radius 3 is 3.00 bits per heavy atom. The van der Waals surface area contributed by atoms with Gasteiger partial charge in [0.15, 0.2) is 0 Å². The number of hydrogen-bond acceptors (Lipinski definition) is 3. The maximum Gasteiger partial charge on any atom is 0.223 e. The van der Waals surface area contributed by atoms with Crippen LogP contribution in [-0.2, 0) is 4.79 Å². The Morgan fingerprint density at radius 2 is 2.55 bits per heavy atom. The summed E-state index contributed by atoms with van der Waals surface area (Å²) < 4.78 is 0. The van der Waals surface area contributed by atoms with E-state index < -0.39 is 0 Å². The summed E-state index contributed by atoms with van der Waals surface area (Å²) in [6.07, 6.45) is 1.45. The van der Waals surface area contributed by atoms with Gasteiger partial charge in [0, 0.05) is 18.5 Å². The normalized spacial score (nSPS) is 26.7.